The molecule has 1 aromatic rings. The van der Waals surface area contributed by atoms with Gasteiger partial charge in [-0.2, -0.15) is 0 Å². The van der Waals surface area contributed by atoms with E-state index in [1.807, 2.05) is 25.2 Å². The van der Waals surface area contributed by atoms with Crippen LogP contribution in [0.15, 0.2) is 22.7 Å². The van der Waals surface area contributed by atoms with Crippen molar-refractivity contribution in [2.45, 2.75) is 13.5 Å². The molecular formula is C12H18BrNO3S. The van der Waals surface area contributed by atoms with Crippen LogP contribution in [0.3, 0.4) is 0 Å². The molecule has 0 aliphatic rings. The zero-order chi connectivity index (χ0) is 13.6. The molecule has 0 aliphatic carbocycles. The van der Waals surface area contributed by atoms with E-state index in [2.05, 4.69) is 21.2 Å². The van der Waals surface area contributed by atoms with Crippen molar-refractivity contribution in [3.05, 3.63) is 28.2 Å². The second-order valence-corrected chi connectivity index (χ2v) is 7.20. The topological polar surface area (TPSA) is 55.4 Å². The first kappa shape index (κ1) is 15.5. The van der Waals surface area contributed by atoms with Crippen molar-refractivity contribution in [3.8, 4) is 5.75 Å². The van der Waals surface area contributed by atoms with Crippen LogP contribution in [0.4, 0.5) is 0 Å². The highest BCUT2D eigenvalue weighted by atomic mass is 79.9. The first-order valence-corrected chi connectivity index (χ1v) is 8.36. The van der Waals surface area contributed by atoms with Gasteiger partial charge in [0.2, 0.25) is 0 Å². The Kier molecular flexibility index (Phi) is 6.11. The van der Waals surface area contributed by atoms with Gasteiger partial charge in [-0.05, 0) is 30.8 Å². The van der Waals surface area contributed by atoms with E-state index in [-0.39, 0.29) is 18.1 Å². The van der Waals surface area contributed by atoms with Crippen LogP contribution in [0, 0.1) is 0 Å². The number of halogens is 1. The van der Waals surface area contributed by atoms with E-state index in [4.69, 9.17) is 4.74 Å². The van der Waals surface area contributed by atoms with Gasteiger partial charge in [0.05, 0.1) is 5.75 Å². The lowest BCUT2D eigenvalue weighted by Gasteiger charge is -2.09. The Morgan fingerprint density at radius 1 is 1.39 bits per heavy atom. The van der Waals surface area contributed by atoms with Crippen molar-refractivity contribution in [1.29, 1.82) is 0 Å². The molecule has 0 saturated carbocycles. The van der Waals surface area contributed by atoms with Crippen molar-refractivity contribution < 1.29 is 13.2 Å². The third kappa shape index (κ3) is 4.96. The predicted octanol–water partition coefficient (Wildman–Crippen LogP) is 1.98. The lowest BCUT2D eigenvalue weighted by molar-refractivity contribution is 0.340. The quantitative estimate of drug-likeness (QED) is 0.827. The van der Waals surface area contributed by atoms with Crippen molar-refractivity contribution in [2.75, 3.05) is 25.2 Å². The summed E-state index contributed by atoms with van der Waals surface area (Å²) in [5.74, 6) is 0.901. The third-order valence-corrected chi connectivity index (χ3v) is 4.93. The average Bonchev–Trinajstić information content (AvgIpc) is 2.33. The molecule has 0 heterocycles. The van der Waals surface area contributed by atoms with Gasteiger partial charge in [0.15, 0.2) is 9.84 Å². The van der Waals surface area contributed by atoms with E-state index in [1.165, 1.54) is 0 Å². The average molecular weight is 336 g/mol. The zero-order valence-electron chi connectivity index (χ0n) is 10.6. The van der Waals surface area contributed by atoms with Crippen LogP contribution in [-0.2, 0) is 16.4 Å². The number of ether oxygens (including phenoxy) is 1. The Balaban J connectivity index is 2.60. The standard InChI is InChI=1S/C12H18BrNO3S/c1-3-18(15,16)7-6-17-11-4-5-12(13)10(8-11)9-14-2/h4-5,8,14H,3,6-7,9H2,1-2H3. The number of hydrogen-bond acceptors (Lipinski definition) is 4. The molecule has 0 aromatic heterocycles. The Labute approximate surface area is 117 Å². The molecule has 0 spiro atoms. The molecule has 6 heteroatoms. The van der Waals surface area contributed by atoms with E-state index in [0.29, 0.717) is 5.75 Å². The molecule has 0 amide bonds. The van der Waals surface area contributed by atoms with E-state index in [0.717, 1.165) is 16.6 Å². The Morgan fingerprint density at radius 3 is 2.72 bits per heavy atom. The minimum Gasteiger partial charge on any atom is -0.493 e. The molecule has 4 nitrogen and oxygen atoms in total. The molecule has 0 fully saturated rings. The molecule has 18 heavy (non-hydrogen) atoms. The highest BCUT2D eigenvalue weighted by Gasteiger charge is 2.08. The summed E-state index contributed by atoms with van der Waals surface area (Å²) in [4.78, 5) is 0. The fourth-order valence-corrected chi connectivity index (χ4v) is 2.41. The highest BCUT2D eigenvalue weighted by Crippen LogP contribution is 2.22. The summed E-state index contributed by atoms with van der Waals surface area (Å²) in [6.45, 7) is 2.56. The van der Waals surface area contributed by atoms with E-state index in [9.17, 15) is 8.42 Å². The molecule has 102 valence electrons. The van der Waals surface area contributed by atoms with Gasteiger partial charge in [-0.1, -0.05) is 22.9 Å². The predicted molar refractivity (Wildman–Crippen MR) is 76.7 cm³/mol. The molecular weight excluding hydrogens is 318 g/mol. The molecule has 0 atom stereocenters. The maximum Gasteiger partial charge on any atom is 0.153 e. The van der Waals surface area contributed by atoms with Crippen molar-refractivity contribution >= 4 is 25.8 Å². The first-order chi connectivity index (χ1) is 8.48. The summed E-state index contributed by atoms with van der Waals surface area (Å²) >= 11 is 3.45. The lowest BCUT2D eigenvalue weighted by atomic mass is 10.2. The fraction of sp³-hybridized carbons (Fsp3) is 0.500. The fourth-order valence-electron chi connectivity index (χ4n) is 1.40. The van der Waals surface area contributed by atoms with E-state index in [1.54, 1.807) is 6.92 Å². The maximum absolute atomic E-state index is 11.3. The third-order valence-electron chi connectivity index (χ3n) is 2.49. The SMILES string of the molecule is CCS(=O)(=O)CCOc1ccc(Br)c(CNC)c1. The first-order valence-electron chi connectivity index (χ1n) is 5.74. The number of rotatable bonds is 7. The molecule has 0 aliphatic heterocycles. The van der Waals surface area contributed by atoms with Crippen LogP contribution < -0.4 is 10.1 Å². The van der Waals surface area contributed by atoms with Gasteiger partial charge in [0, 0.05) is 16.8 Å². The van der Waals surface area contributed by atoms with E-state index < -0.39 is 9.84 Å². The van der Waals surface area contributed by atoms with Crippen LogP contribution in [0.5, 0.6) is 5.75 Å². The molecule has 1 aromatic carbocycles. The minimum atomic E-state index is -2.96. The normalized spacial score (nSPS) is 11.5. The molecule has 0 bridgehead atoms. The second-order valence-electron chi connectivity index (χ2n) is 3.87. The van der Waals surface area contributed by atoms with Crippen molar-refractivity contribution in [2.24, 2.45) is 0 Å². The van der Waals surface area contributed by atoms with E-state index >= 15 is 0 Å². The van der Waals surface area contributed by atoms with Crippen LogP contribution >= 0.6 is 15.9 Å². The summed E-state index contributed by atoms with van der Waals surface area (Å²) in [5.41, 5.74) is 1.08. The summed E-state index contributed by atoms with van der Waals surface area (Å²) < 4.78 is 29.1. The number of hydrogen-bond donors (Lipinski definition) is 1. The van der Waals surface area contributed by atoms with Crippen molar-refractivity contribution in [1.82, 2.24) is 5.32 Å². The van der Waals surface area contributed by atoms with Gasteiger partial charge in [0.1, 0.15) is 12.4 Å². The van der Waals surface area contributed by atoms with Crippen LogP contribution in [0.25, 0.3) is 0 Å². The summed E-state index contributed by atoms with van der Waals surface area (Å²) in [7, 11) is -1.10. The number of sulfone groups is 1. The Hall–Kier alpha value is -0.590. The largest absolute Gasteiger partial charge is 0.493 e. The minimum absolute atomic E-state index is 0.0565. The van der Waals surface area contributed by atoms with Gasteiger partial charge < -0.3 is 10.1 Å². The second kappa shape index (κ2) is 7.11. The Morgan fingerprint density at radius 2 is 2.11 bits per heavy atom. The molecule has 1 rings (SSSR count). The van der Waals surface area contributed by atoms with Gasteiger partial charge in [0.25, 0.3) is 0 Å². The number of benzene rings is 1. The summed E-state index contributed by atoms with van der Waals surface area (Å²) in [6, 6.07) is 5.62. The summed E-state index contributed by atoms with van der Waals surface area (Å²) in [5, 5.41) is 3.06. The maximum atomic E-state index is 11.3. The highest BCUT2D eigenvalue weighted by molar-refractivity contribution is 9.10. The van der Waals surface area contributed by atoms with Gasteiger partial charge in [-0.15, -0.1) is 0 Å². The van der Waals surface area contributed by atoms with Gasteiger partial charge in [-0.3, -0.25) is 0 Å². The molecule has 0 saturated heterocycles. The van der Waals surface area contributed by atoms with Crippen molar-refractivity contribution in [3.63, 3.8) is 0 Å². The molecule has 0 radical (unpaired) electrons. The summed E-state index contributed by atoms with van der Waals surface area (Å²) in [6.07, 6.45) is 0. The smallest absolute Gasteiger partial charge is 0.153 e. The number of nitrogens with one attached hydrogen (secondary N) is 1. The van der Waals surface area contributed by atoms with Gasteiger partial charge in [-0.25, -0.2) is 8.42 Å². The van der Waals surface area contributed by atoms with Crippen LogP contribution in [-0.4, -0.2) is 33.6 Å². The lowest BCUT2D eigenvalue weighted by Crippen LogP contribution is -2.15. The van der Waals surface area contributed by atoms with Crippen LogP contribution in [0.1, 0.15) is 12.5 Å². The zero-order valence-corrected chi connectivity index (χ0v) is 13.0. The van der Waals surface area contributed by atoms with Gasteiger partial charge >= 0.3 is 0 Å². The Bertz CT molecular complexity index is 488. The molecule has 0 unspecified atom stereocenters. The molecule has 1 N–H and O–H groups in total. The van der Waals surface area contributed by atoms with Crippen LogP contribution in [0.2, 0.25) is 0 Å². The monoisotopic (exact) mass is 335 g/mol.